The van der Waals surface area contributed by atoms with Crippen molar-refractivity contribution in [3.63, 3.8) is 0 Å². The predicted molar refractivity (Wildman–Crippen MR) is 128 cm³/mol. The summed E-state index contributed by atoms with van der Waals surface area (Å²) < 4.78 is 0. The normalized spacial score (nSPS) is 22.6. The first-order valence-electron chi connectivity index (χ1n) is 11.7. The van der Waals surface area contributed by atoms with Crippen molar-refractivity contribution in [2.45, 2.75) is 5.60 Å². The number of carbonyl (C=O) groups is 3. The number of pyridine rings is 3. The minimum Gasteiger partial charge on any atom is -0.372 e. The van der Waals surface area contributed by atoms with Crippen LogP contribution in [0.15, 0.2) is 54.6 Å². The summed E-state index contributed by atoms with van der Waals surface area (Å²) in [5, 5.41) is 20.8. The molecule has 3 amide bonds. The van der Waals surface area contributed by atoms with Gasteiger partial charge in [0.05, 0.1) is 17.1 Å². The number of aliphatic hydroxyl groups is 1. The average molecular weight is 488 g/mol. The fraction of sp³-hybridized carbons (Fsp3) is 0.280. The lowest BCUT2D eigenvalue weighted by Crippen LogP contribution is -2.44. The van der Waals surface area contributed by atoms with Crippen LogP contribution in [-0.4, -0.2) is 81.9 Å². The number of rotatable bonds is 0. The van der Waals surface area contributed by atoms with Crippen LogP contribution in [0.2, 0.25) is 0 Å². The first-order chi connectivity index (χ1) is 17.4. The van der Waals surface area contributed by atoms with Crippen molar-refractivity contribution in [3.05, 3.63) is 88.8 Å². The Morgan fingerprint density at radius 3 is 1.28 bits per heavy atom. The Bertz CT molecular complexity index is 1170. The van der Waals surface area contributed by atoms with Crippen LogP contribution in [-0.2, 0) is 5.60 Å². The monoisotopic (exact) mass is 487 g/mol. The van der Waals surface area contributed by atoms with E-state index in [0.29, 0.717) is 39.3 Å². The molecular formula is C25H25N7O4. The van der Waals surface area contributed by atoms with Crippen molar-refractivity contribution in [3.8, 4) is 0 Å². The average Bonchev–Trinajstić information content (AvgIpc) is 2.91. The number of nitrogens with zero attached hydrogens (tertiary/aromatic N) is 4. The highest BCUT2D eigenvalue weighted by atomic mass is 16.3. The third-order valence-corrected chi connectivity index (χ3v) is 6.20. The molecule has 0 saturated heterocycles. The molecule has 11 nitrogen and oxygen atoms in total. The summed E-state index contributed by atoms with van der Waals surface area (Å²) in [5.41, 5.74) is -1.50. The van der Waals surface area contributed by atoms with Gasteiger partial charge in [0.1, 0.15) is 17.1 Å². The van der Waals surface area contributed by atoms with E-state index in [0.717, 1.165) is 0 Å². The van der Waals surface area contributed by atoms with E-state index in [4.69, 9.17) is 0 Å². The van der Waals surface area contributed by atoms with E-state index in [1.54, 1.807) is 54.6 Å². The second kappa shape index (κ2) is 9.80. The number of hydrogen-bond donors (Lipinski definition) is 4. The van der Waals surface area contributed by atoms with Crippen LogP contribution in [0.5, 0.6) is 0 Å². The molecule has 0 spiro atoms. The van der Waals surface area contributed by atoms with Gasteiger partial charge in [-0.25, -0.2) is 15.0 Å². The number of carbonyl (C=O) groups excluding carboxylic acids is 3. The minimum atomic E-state index is -2.06. The Morgan fingerprint density at radius 1 is 0.611 bits per heavy atom. The van der Waals surface area contributed by atoms with Crippen LogP contribution in [0.4, 0.5) is 0 Å². The molecule has 0 fully saturated rings. The molecule has 3 aromatic heterocycles. The van der Waals surface area contributed by atoms with Gasteiger partial charge < -0.3 is 21.1 Å². The van der Waals surface area contributed by atoms with Gasteiger partial charge in [0, 0.05) is 39.3 Å². The Kier molecular flexibility index (Phi) is 6.40. The molecule has 0 aliphatic carbocycles. The van der Waals surface area contributed by atoms with E-state index in [2.05, 4.69) is 30.9 Å². The maximum atomic E-state index is 12.9. The Balaban J connectivity index is 1.77. The SMILES string of the molecule is O=C1NCCN2CCNC(=O)c3cccc(n3)C(O)(c3cccc1n3)c1cccc(n1)C(=O)NCC2. The molecular weight excluding hydrogens is 462 g/mol. The van der Waals surface area contributed by atoms with Crippen molar-refractivity contribution in [2.75, 3.05) is 39.3 Å². The van der Waals surface area contributed by atoms with Crippen molar-refractivity contribution in [2.24, 2.45) is 0 Å². The largest absolute Gasteiger partial charge is 0.372 e. The Hall–Kier alpha value is -4.22. The lowest BCUT2D eigenvalue weighted by molar-refractivity contribution is 0.0924. The van der Waals surface area contributed by atoms with Gasteiger partial charge in [-0.3, -0.25) is 19.3 Å². The quantitative estimate of drug-likeness (QED) is 0.337. The number of aromatic nitrogens is 3. The second-order valence-electron chi connectivity index (χ2n) is 8.54. The Morgan fingerprint density at radius 2 is 0.944 bits per heavy atom. The summed E-state index contributed by atoms with van der Waals surface area (Å²) in [4.78, 5) is 54.1. The van der Waals surface area contributed by atoms with Gasteiger partial charge in [0.25, 0.3) is 17.7 Å². The first-order valence-corrected chi connectivity index (χ1v) is 11.7. The first kappa shape index (κ1) is 23.5. The molecule has 6 rings (SSSR count). The molecule has 0 aromatic carbocycles. The molecule has 3 aromatic rings. The van der Waals surface area contributed by atoms with Gasteiger partial charge in [-0.15, -0.1) is 0 Å². The van der Waals surface area contributed by atoms with Gasteiger partial charge in [-0.05, 0) is 36.4 Å². The maximum absolute atomic E-state index is 12.9. The van der Waals surface area contributed by atoms with E-state index < -0.39 is 5.60 Å². The number of nitrogens with one attached hydrogen (secondary N) is 3. The molecule has 3 aliphatic rings. The van der Waals surface area contributed by atoms with Crippen LogP contribution in [0.1, 0.15) is 48.5 Å². The second-order valence-corrected chi connectivity index (χ2v) is 8.54. The summed E-state index contributed by atoms with van der Waals surface area (Å²) in [5.74, 6) is -1.16. The molecule has 6 heterocycles. The van der Waals surface area contributed by atoms with Crippen LogP contribution in [0.3, 0.4) is 0 Å². The van der Waals surface area contributed by atoms with Crippen molar-refractivity contribution in [1.29, 1.82) is 0 Å². The predicted octanol–water partition coefficient (Wildman–Crippen LogP) is -0.326. The fourth-order valence-corrected chi connectivity index (χ4v) is 4.27. The highest BCUT2D eigenvalue weighted by molar-refractivity contribution is 5.93. The van der Waals surface area contributed by atoms with Crippen LogP contribution in [0, 0.1) is 0 Å². The van der Waals surface area contributed by atoms with E-state index in [1.807, 2.05) is 4.90 Å². The molecule has 0 atom stereocenters. The molecule has 11 heteroatoms. The summed E-state index contributed by atoms with van der Waals surface area (Å²) in [6, 6.07) is 14.1. The van der Waals surface area contributed by atoms with Gasteiger partial charge in [0.15, 0.2) is 5.60 Å². The third kappa shape index (κ3) is 4.53. The smallest absolute Gasteiger partial charge is 0.269 e. The zero-order valence-corrected chi connectivity index (χ0v) is 19.4. The van der Waals surface area contributed by atoms with Gasteiger partial charge in [-0.1, -0.05) is 18.2 Å². The molecule has 4 N–H and O–H groups in total. The summed E-state index contributed by atoms with van der Waals surface area (Å²) in [6.45, 7) is 2.46. The lowest BCUT2D eigenvalue weighted by Gasteiger charge is -2.28. The highest BCUT2D eigenvalue weighted by Gasteiger charge is 2.40. The van der Waals surface area contributed by atoms with Crippen LogP contribution in [0.25, 0.3) is 0 Å². The zero-order chi connectivity index (χ0) is 25.1. The standard InChI is InChI=1S/C25H25N7O4/c33-22-16-4-1-7-19(29-16)25(36)20-8-2-5-17(30-20)23(34)27-11-14-32(13-10-26-22)15-12-28-24(35)18-6-3-9-21(25)31-18/h1-9,36H,10-15H2,(H,26,33)(H,27,34)(H,28,35). The minimum absolute atomic E-state index is 0.0751. The highest BCUT2D eigenvalue weighted by Crippen LogP contribution is 2.34. The maximum Gasteiger partial charge on any atom is 0.269 e. The molecule has 36 heavy (non-hydrogen) atoms. The topological polar surface area (TPSA) is 149 Å². The van der Waals surface area contributed by atoms with Crippen molar-refractivity contribution < 1.29 is 19.5 Å². The molecule has 0 saturated carbocycles. The molecule has 0 unspecified atom stereocenters. The lowest BCUT2D eigenvalue weighted by atomic mass is 9.89. The van der Waals surface area contributed by atoms with Gasteiger partial charge in [-0.2, -0.15) is 0 Å². The van der Waals surface area contributed by atoms with E-state index >= 15 is 0 Å². The van der Waals surface area contributed by atoms with Crippen LogP contribution < -0.4 is 16.0 Å². The van der Waals surface area contributed by atoms with Crippen molar-refractivity contribution >= 4 is 17.7 Å². The fourth-order valence-electron chi connectivity index (χ4n) is 4.27. The van der Waals surface area contributed by atoms with E-state index in [-0.39, 0.29) is 51.9 Å². The molecule has 184 valence electrons. The summed E-state index contributed by atoms with van der Waals surface area (Å²) in [7, 11) is 0. The van der Waals surface area contributed by atoms with Crippen LogP contribution >= 0.6 is 0 Å². The Labute approximate surface area is 207 Å². The summed E-state index contributed by atoms with van der Waals surface area (Å²) in [6.07, 6.45) is 0. The van der Waals surface area contributed by atoms with Crippen molar-refractivity contribution in [1.82, 2.24) is 35.8 Å². The number of fused-ring (bicyclic) bond motifs is 9. The number of hydrogen-bond acceptors (Lipinski definition) is 8. The molecule has 8 bridgehead atoms. The molecule has 0 radical (unpaired) electrons. The van der Waals surface area contributed by atoms with Gasteiger partial charge >= 0.3 is 0 Å². The number of amides is 3. The molecule has 3 aliphatic heterocycles. The third-order valence-electron chi connectivity index (χ3n) is 6.20. The van der Waals surface area contributed by atoms with Gasteiger partial charge in [0.2, 0.25) is 0 Å². The summed E-state index contributed by atoms with van der Waals surface area (Å²) >= 11 is 0. The van der Waals surface area contributed by atoms with E-state index in [9.17, 15) is 19.5 Å². The zero-order valence-electron chi connectivity index (χ0n) is 19.4. The van der Waals surface area contributed by atoms with E-state index in [1.165, 1.54) is 0 Å².